The van der Waals surface area contributed by atoms with Gasteiger partial charge in [-0.1, -0.05) is 0 Å². The predicted octanol–water partition coefficient (Wildman–Crippen LogP) is -5.12. The van der Waals surface area contributed by atoms with E-state index in [2.05, 4.69) is 56.3 Å². The largest absolute Gasteiger partial charge is 0.368 e. The van der Waals surface area contributed by atoms with Crippen LogP contribution in [-0.4, -0.2) is 50.9 Å². The number of primary amides is 2. The second kappa shape index (κ2) is 12.1. The van der Waals surface area contributed by atoms with Crippen LogP contribution in [0.15, 0.2) is 0 Å². The number of hydrogen-bond acceptors (Lipinski definition) is 19. The summed E-state index contributed by atoms with van der Waals surface area (Å²) in [6.07, 6.45) is 0. The summed E-state index contributed by atoms with van der Waals surface area (Å²) in [6, 6.07) is -0.833. The molecule has 168 valence electrons. The average Bonchev–Trinajstić information content (AvgIpc) is 2.51. The van der Waals surface area contributed by atoms with E-state index in [4.69, 9.17) is 56.4 Å². The monoisotopic (exact) mass is 438 g/mol. The first kappa shape index (κ1) is 25.5. The molecule has 3 heterocycles. The quantitative estimate of drug-likeness (QED) is 0.156. The first-order valence-electron chi connectivity index (χ1n) is 7.40. The number of rotatable bonds is 0. The molecule has 3 aromatic rings. The molecule has 0 saturated carbocycles. The van der Waals surface area contributed by atoms with Gasteiger partial charge in [0.1, 0.15) is 0 Å². The molecule has 31 heavy (non-hydrogen) atoms. The van der Waals surface area contributed by atoms with Gasteiger partial charge in [0.05, 0.1) is 0 Å². The molecule has 0 fully saturated rings. The van der Waals surface area contributed by atoms with Crippen molar-refractivity contribution >= 4 is 59.6 Å². The standard InChI is InChI=1S/3C3H6N6.CH4N2O/c3*4-1-7-2(5)9-3(6)8-1;2-1(3)4/h3*(H6,4,5,6,7,8,9);(H4,2,3,4). The van der Waals surface area contributed by atoms with Crippen molar-refractivity contribution in [2.75, 3.05) is 51.6 Å². The molecule has 0 aliphatic heterocycles. The molecule has 0 spiro atoms. The SMILES string of the molecule is NC(N)=O.Nc1nc(N)nc(N)n1.Nc1nc(N)nc(N)n1.Nc1nc(N)nc(N)n1. The van der Waals surface area contributed by atoms with Crippen molar-refractivity contribution < 1.29 is 4.79 Å². The third kappa shape index (κ3) is 13.3. The van der Waals surface area contributed by atoms with Gasteiger partial charge < -0.3 is 63.1 Å². The van der Waals surface area contributed by atoms with Crippen LogP contribution >= 0.6 is 0 Å². The number of anilines is 9. The Kier molecular flexibility index (Phi) is 9.92. The number of amides is 2. The molecule has 0 aromatic carbocycles. The summed E-state index contributed by atoms with van der Waals surface area (Å²) in [5.41, 5.74) is 54.7. The van der Waals surface area contributed by atoms with Gasteiger partial charge in [-0.25, -0.2) is 4.79 Å². The molecule has 2 amide bonds. The highest BCUT2D eigenvalue weighted by Crippen LogP contribution is 1.98. The smallest absolute Gasteiger partial charge is 0.309 e. The zero-order valence-electron chi connectivity index (χ0n) is 15.8. The first-order chi connectivity index (χ1) is 14.3. The van der Waals surface area contributed by atoms with E-state index in [1.165, 1.54) is 0 Å². The average molecular weight is 438 g/mol. The number of carbonyl (C=O) groups is 1. The van der Waals surface area contributed by atoms with Gasteiger partial charge >= 0.3 is 6.03 Å². The van der Waals surface area contributed by atoms with Crippen molar-refractivity contribution in [1.29, 1.82) is 0 Å². The Morgan fingerprint density at radius 2 is 0.419 bits per heavy atom. The lowest BCUT2D eigenvalue weighted by atomic mass is 10.9. The summed E-state index contributed by atoms with van der Waals surface area (Å²) in [5, 5.41) is 0. The number of nitrogen functional groups attached to an aromatic ring is 9. The Morgan fingerprint density at radius 1 is 0.355 bits per heavy atom. The minimum Gasteiger partial charge on any atom is -0.368 e. The van der Waals surface area contributed by atoms with E-state index in [-0.39, 0.29) is 53.5 Å². The van der Waals surface area contributed by atoms with Crippen molar-refractivity contribution in [1.82, 2.24) is 44.9 Å². The number of carbonyl (C=O) groups excluding carboxylic acids is 1. The van der Waals surface area contributed by atoms with E-state index in [9.17, 15) is 0 Å². The molecule has 0 radical (unpaired) electrons. The van der Waals surface area contributed by atoms with Gasteiger partial charge in [-0.2, -0.15) is 44.9 Å². The molecular formula is C10H22N20O. The molecule has 3 rings (SSSR count). The fourth-order valence-electron chi connectivity index (χ4n) is 1.28. The third-order valence-electron chi connectivity index (χ3n) is 2.06. The Labute approximate surface area is 173 Å². The van der Waals surface area contributed by atoms with Gasteiger partial charge in [0, 0.05) is 0 Å². The summed E-state index contributed by atoms with van der Waals surface area (Å²) >= 11 is 0. The van der Waals surface area contributed by atoms with Crippen LogP contribution in [0.5, 0.6) is 0 Å². The molecule has 0 unspecified atom stereocenters. The molecule has 0 saturated heterocycles. The number of nitrogens with two attached hydrogens (primary N) is 11. The van der Waals surface area contributed by atoms with Crippen LogP contribution in [0.2, 0.25) is 0 Å². The van der Waals surface area contributed by atoms with Crippen LogP contribution in [0.1, 0.15) is 0 Å². The van der Waals surface area contributed by atoms with Crippen molar-refractivity contribution in [3.8, 4) is 0 Å². The summed E-state index contributed by atoms with van der Waals surface area (Å²) in [7, 11) is 0. The maximum absolute atomic E-state index is 9.00. The molecule has 22 N–H and O–H groups in total. The second-order valence-electron chi connectivity index (χ2n) is 4.63. The van der Waals surface area contributed by atoms with Gasteiger partial charge in [0.25, 0.3) is 0 Å². The molecule has 0 bridgehead atoms. The van der Waals surface area contributed by atoms with Crippen molar-refractivity contribution in [3.05, 3.63) is 0 Å². The summed E-state index contributed by atoms with van der Waals surface area (Å²) < 4.78 is 0. The van der Waals surface area contributed by atoms with Crippen LogP contribution in [0, 0.1) is 0 Å². The van der Waals surface area contributed by atoms with Gasteiger partial charge in [0.15, 0.2) is 0 Å². The summed E-state index contributed by atoms with van der Waals surface area (Å²) in [4.78, 5) is 40.4. The van der Waals surface area contributed by atoms with E-state index >= 15 is 0 Å². The van der Waals surface area contributed by atoms with Crippen LogP contribution in [0.3, 0.4) is 0 Å². The van der Waals surface area contributed by atoms with Gasteiger partial charge in [-0.05, 0) is 0 Å². The molecule has 21 nitrogen and oxygen atoms in total. The maximum Gasteiger partial charge on any atom is 0.309 e. The Morgan fingerprint density at radius 3 is 0.484 bits per heavy atom. The Bertz CT molecular complexity index is 719. The lowest BCUT2D eigenvalue weighted by Crippen LogP contribution is -2.18. The highest BCUT2D eigenvalue weighted by molar-refractivity contribution is 5.69. The lowest BCUT2D eigenvalue weighted by molar-refractivity contribution is 0.256. The lowest BCUT2D eigenvalue weighted by Gasteiger charge is -1.93. The minimum atomic E-state index is -0.833. The molecule has 3 aromatic heterocycles. The van der Waals surface area contributed by atoms with Crippen molar-refractivity contribution in [3.63, 3.8) is 0 Å². The van der Waals surface area contributed by atoms with E-state index in [1.54, 1.807) is 0 Å². The van der Waals surface area contributed by atoms with Crippen LogP contribution in [-0.2, 0) is 0 Å². The van der Waals surface area contributed by atoms with Crippen LogP contribution < -0.4 is 63.1 Å². The fraction of sp³-hybridized carbons (Fsp3) is 0. The van der Waals surface area contributed by atoms with Crippen molar-refractivity contribution in [2.24, 2.45) is 11.5 Å². The predicted molar refractivity (Wildman–Crippen MR) is 113 cm³/mol. The first-order valence-corrected chi connectivity index (χ1v) is 7.40. The molecule has 0 aliphatic carbocycles. The van der Waals surface area contributed by atoms with Crippen LogP contribution in [0.25, 0.3) is 0 Å². The van der Waals surface area contributed by atoms with E-state index in [0.717, 1.165) is 0 Å². The number of urea groups is 1. The van der Waals surface area contributed by atoms with E-state index in [1.807, 2.05) is 0 Å². The topological polar surface area (TPSA) is 419 Å². The number of nitrogens with zero attached hydrogens (tertiary/aromatic N) is 9. The van der Waals surface area contributed by atoms with E-state index < -0.39 is 6.03 Å². The third-order valence-corrected chi connectivity index (χ3v) is 2.06. The molecule has 21 heteroatoms. The molecule has 0 aliphatic rings. The normalized spacial score (nSPS) is 8.90. The van der Waals surface area contributed by atoms with Crippen LogP contribution in [0.4, 0.5) is 58.3 Å². The highest BCUT2D eigenvalue weighted by Gasteiger charge is 1.95. The second-order valence-corrected chi connectivity index (χ2v) is 4.63. The molecular weight excluding hydrogens is 416 g/mol. The summed E-state index contributed by atoms with van der Waals surface area (Å²) in [5.74, 6) is 0.375. The number of aromatic nitrogens is 9. The van der Waals surface area contributed by atoms with Gasteiger partial charge in [-0.15, -0.1) is 0 Å². The summed E-state index contributed by atoms with van der Waals surface area (Å²) in [6.45, 7) is 0. The maximum atomic E-state index is 9.00. The minimum absolute atomic E-state index is 0.0417. The zero-order chi connectivity index (χ0) is 24.1. The number of hydrogen-bond donors (Lipinski definition) is 11. The molecule has 0 atom stereocenters. The Balaban J connectivity index is 0.000000402. The van der Waals surface area contributed by atoms with Gasteiger partial charge in [0.2, 0.25) is 53.5 Å². The van der Waals surface area contributed by atoms with E-state index in [0.29, 0.717) is 0 Å². The van der Waals surface area contributed by atoms with Crippen molar-refractivity contribution in [2.45, 2.75) is 0 Å². The zero-order valence-corrected chi connectivity index (χ0v) is 15.8. The van der Waals surface area contributed by atoms with Gasteiger partial charge in [-0.3, -0.25) is 0 Å². The fourth-order valence-corrected chi connectivity index (χ4v) is 1.28. The highest BCUT2D eigenvalue weighted by atomic mass is 16.2. The Hall–Kier alpha value is -5.50.